The number of tetrazole rings is 1. The minimum Gasteiger partial charge on any atom is -0.460 e. The van der Waals surface area contributed by atoms with Gasteiger partial charge in [0, 0.05) is 58.5 Å². The molecule has 2 unspecified atom stereocenters. The fourth-order valence-corrected chi connectivity index (χ4v) is 10.7. The van der Waals surface area contributed by atoms with E-state index in [-0.39, 0.29) is 60.9 Å². The van der Waals surface area contributed by atoms with Crippen LogP contribution in [0.25, 0.3) is 0 Å². The van der Waals surface area contributed by atoms with Crippen LogP contribution in [0.15, 0.2) is 53.9 Å². The molecule has 17 nitrogen and oxygen atoms in total. The third-order valence-electron chi connectivity index (χ3n) is 15.2. The standard InChI is InChI=1S/C52H79N5O12/c1-31-16-12-11-13-17-32(2)43(65-8)28-39-21-19-37(7)52(64,69-39)49(61)50(62)56-23-15-14-18-41(56)51(63)68-44(34(4)26-38-20-22-40(45(27-38)66-9)57-54-30-53-55-57)29-42(58)33(3)25-36(6)47(60)48(67-10)46(59)35(5)24-31/h11-13,16-17,25,30-31,34-41,43-45,47-48,60,64H,14-15,18-24,26-29H2,1-10H3/t31-,34-,35-,36?,37-,38+,39+,40+,41+,43?,44+,45-,47-,48+,52-/m1/s1. The zero-order valence-corrected chi connectivity index (χ0v) is 42.5. The van der Waals surface area contributed by atoms with Gasteiger partial charge >= 0.3 is 5.97 Å². The molecule has 1 amide bonds. The van der Waals surface area contributed by atoms with Gasteiger partial charge in [0.05, 0.1) is 30.5 Å². The van der Waals surface area contributed by atoms with Crippen molar-refractivity contribution in [2.75, 3.05) is 27.9 Å². The van der Waals surface area contributed by atoms with Crippen molar-refractivity contribution in [2.45, 2.75) is 180 Å². The number of ketones is 3. The van der Waals surface area contributed by atoms with Crippen LogP contribution >= 0.6 is 0 Å². The molecule has 15 atom stereocenters. The smallest absolute Gasteiger partial charge is 0.329 e. The molecule has 4 aliphatic rings. The van der Waals surface area contributed by atoms with Gasteiger partial charge < -0.3 is 38.8 Å². The topological polar surface area (TPSA) is 219 Å². The van der Waals surface area contributed by atoms with E-state index in [0.717, 1.165) is 18.4 Å². The molecule has 2 N–H and O–H groups in total. The Balaban J connectivity index is 1.46. The molecule has 3 aliphatic heterocycles. The minimum absolute atomic E-state index is 0.0195. The average molecular weight is 966 g/mol. The molecule has 0 aromatic carbocycles. The highest BCUT2D eigenvalue weighted by Crippen LogP contribution is 2.39. The lowest BCUT2D eigenvalue weighted by atomic mass is 9.78. The van der Waals surface area contributed by atoms with Gasteiger partial charge in [0.2, 0.25) is 5.79 Å². The second-order valence-corrected chi connectivity index (χ2v) is 20.4. The summed E-state index contributed by atoms with van der Waals surface area (Å²) >= 11 is 0. The Hall–Kier alpha value is -4.26. The summed E-state index contributed by atoms with van der Waals surface area (Å²) < 4.78 is 29.9. The maximum atomic E-state index is 14.5. The Morgan fingerprint density at radius 1 is 0.899 bits per heavy atom. The second kappa shape index (κ2) is 25.7. The number of Topliss-reactive ketones (excluding diaryl/α,β-unsaturated/α-hetero) is 3. The van der Waals surface area contributed by atoms with Crippen molar-refractivity contribution in [2.24, 2.45) is 35.5 Å². The molecule has 4 heterocycles. The molecule has 2 bridgehead atoms. The Labute approximate surface area is 408 Å². The largest absolute Gasteiger partial charge is 0.460 e. The molecule has 0 radical (unpaired) electrons. The van der Waals surface area contributed by atoms with Crippen molar-refractivity contribution < 1.29 is 57.9 Å². The van der Waals surface area contributed by atoms with Crippen molar-refractivity contribution in [3.05, 3.63) is 53.9 Å². The van der Waals surface area contributed by atoms with Gasteiger partial charge in [0.15, 0.2) is 17.9 Å². The molecule has 1 aliphatic carbocycles. The third kappa shape index (κ3) is 14.2. The summed E-state index contributed by atoms with van der Waals surface area (Å²) in [4.78, 5) is 73.9. The summed E-state index contributed by atoms with van der Waals surface area (Å²) in [6.07, 6.45) is 13.7. The van der Waals surface area contributed by atoms with Gasteiger partial charge in [-0.3, -0.25) is 19.2 Å². The van der Waals surface area contributed by atoms with Crippen LogP contribution in [0, 0.1) is 35.5 Å². The first-order valence-electron chi connectivity index (χ1n) is 25.0. The minimum atomic E-state index is -2.43. The first kappa shape index (κ1) is 55.7. The van der Waals surface area contributed by atoms with Crippen LogP contribution in [0.2, 0.25) is 0 Å². The number of aromatic nitrogens is 4. The highest BCUT2D eigenvalue weighted by Gasteiger charge is 2.53. The summed E-state index contributed by atoms with van der Waals surface area (Å²) in [5.74, 6) is -7.91. The summed E-state index contributed by atoms with van der Waals surface area (Å²) in [6, 6.07) is -1.25. The van der Waals surface area contributed by atoms with Crippen LogP contribution in [0.4, 0.5) is 0 Å². The van der Waals surface area contributed by atoms with Crippen LogP contribution in [0.5, 0.6) is 0 Å². The molecule has 17 heteroatoms. The van der Waals surface area contributed by atoms with Gasteiger partial charge in [0.1, 0.15) is 18.2 Å². The maximum absolute atomic E-state index is 14.5. The number of hydrogen-bond acceptors (Lipinski definition) is 15. The molecular formula is C52H79N5O12. The van der Waals surface area contributed by atoms with E-state index in [1.54, 1.807) is 45.9 Å². The Kier molecular flexibility index (Phi) is 20.8. The molecule has 1 aromatic rings. The van der Waals surface area contributed by atoms with Gasteiger partial charge in [-0.25, -0.2) is 4.79 Å². The number of aliphatic hydroxyl groups excluding tert-OH is 1. The zero-order valence-electron chi connectivity index (χ0n) is 42.5. The average Bonchev–Trinajstić information content (AvgIpc) is 3.88. The third-order valence-corrected chi connectivity index (χ3v) is 15.2. The van der Waals surface area contributed by atoms with Crippen molar-refractivity contribution >= 4 is 29.2 Å². The van der Waals surface area contributed by atoms with E-state index in [1.807, 2.05) is 58.1 Å². The normalized spacial score (nSPS) is 36.3. The molecule has 384 valence electrons. The first-order valence-corrected chi connectivity index (χ1v) is 25.0. The SMILES string of the molecule is COC1C[C@@H]2CC[C@@H](C)[C@@](O)(O2)C(=O)C(=O)N2CCCC[C@H]2C(=O)O[C@H]([C@H](C)C[C@@H]2CC[C@H](n3ncnn3)[C@H](OC)C2)CC(=O)C(C)=CC(C)[C@@H](O)[C@@H](OC)C(=O)[C@H](C)C[C@H](C)C=CC=CC=C1C. The number of allylic oxidation sites excluding steroid dienone is 6. The maximum Gasteiger partial charge on any atom is 0.329 e. The van der Waals surface area contributed by atoms with Crippen LogP contribution < -0.4 is 0 Å². The number of methoxy groups -OCH3 is 3. The highest BCUT2D eigenvalue weighted by atomic mass is 16.6. The second-order valence-electron chi connectivity index (χ2n) is 20.4. The lowest BCUT2D eigenvalue weighted by molar-refractivity contribution is -0.265. The van der Waals surface area contributed by atoms with Crippen LogP contribution in [-0.4, -0.2) is 141 Å². The van der Waals surface area contributed by atoms with Crippen molar-refractivity contribution in [1.29, 1.82) is 0 Å². The predicted molar refractivity (Wildman–Crippen MR) is 256 cm³/mol. The fourth-order valence-electron chi connectivity index (χ4n) is 10.7. The number of fused-ring (bicyclic) bond motifs is 3. The summed E-state index contributed by atoms with van der Waals surface area (Å²) in [5.41, 5.74) is 1.20. The van der Waals surface area contributed by atoms with E-state index in [2.05, 4.69) is 15.4 Å². The van der Waals surface area contributed by atoms with Gasteiger partial charge in [-0.2, -0.15) is 4.80 Å². The number of amides is 1. The van der Waals surface area contributed by atoms with E-state index < -0.39 is 77.8 Å². The van der Waals surface area contributed by atoms with Crippen molar-refractivity contribution in [3.63, 3.8) is 0 Å². The van der Waals surface area contributed by atoms with E-state index in [0.29, 0.717) is 56.9 Å². The molecule has 5 rings (SSSR count). The zero-order chi connectivity index (χ0) is 50.6. The lowest BCUT2D eigenvalue weighted by Crippen LogP contribution is -2.61. The Morgan fingerprint density at radius 3 is 2.33 bits per heavy atom. The quantitative estimate of drug-likeness (QED) is 0.235. The molecule has 3 fully saturated rings. The van der Waals surface area contributed by atoms with Crippen molar-refractivity contribution in [1.82, 2.24) is 25.1 Å². The molecule has 2 saturated heterocycles. The first-order chi connectivity index (χ1) is 32.8. The molecule has 0 spiro atoms. The van der Waals surface area contributed by atoms with Gasteiger partial charge in [-0.05, 0) is 112 Å². The highest BCUT2D eigenvalue weighted by molar-refractivity contribution is 6.39. The molecule has 1 saturated carbocycles. The number of ether oxygens (including phenoxy) is 5. The number of nitrogens with zero attached hydrogens (tertiary/aromatic N) is 5. The summed E-state index contributed by atoms with van der Waals surface area (Å²) in [5, 5.41) is 35.7. The monoisotopic (exact) mass is 966 g/mol. The van der Waals surface area contributed by atoms with Gasteiger partial charge in [-0.15, -0.1) is 10.2 Å². The van der Waals surface area contributed by atoms with Crippen LogP contribution in [0.3, 0.4) is 0 Å². The molecule has 69 heavy (non-hydrogen) atoms. The summed E-state index contributed by atoms with van der Waals surface area (Å²) in [7, 11) is 4.62. The van der Waals surface area contributed by atoms with E-state index in [9.17, 15) is 34.2 Å². The number of cyclic esters (lactones) is 1. The number of carbonyl (C=O) groups excluding carboxylic acids is 5. The number of rotatable bonds is 7. The fraction of sp³-hybridized carbons (Fsp3) is 0.731. The van der Waals surface area contributed by atoms with Crippen LogP contribution in [-0.2, 0) is 47.7 Å². The number of carbonyl (C=O) groups is 5. The number of aliphatic hydroxyl groups is 2. The Bertz CT molecular complexity index is 2020. The molecular weight excluding hydrogens is 887 g/mol. The van der Waals surface area contributed by atoms with Gasteiger partial charge in [-0.1, -0.05) is 71.1 Å². The van der Waals surface area contributed by atoms with Crippen LogP contribution in [0.1, 0.15) is 132 Å². The number of hydrogen-bond donors (Lipinski definition) is 2. The number of esters is 1. The molecule has 1 aromatic heterocycles. The number of piperidine rings is 1. The lowest BCUT2D eigenvalue weighted by Gasteiger charge is -2.42. The van der Waals surface area contributed by atoms with E-state index >= 15 is 0 Å². The van der Waals surface area contributed by atoms with Crippen molar-refractivity contribution in [3.8, 4) is 0 Å². The van der Waals surface area contributed by atoms with Gasteiger partial charge in [0.25, 0.3) is 11.7 Å². The van der Waals surface area contributed by atoms with E-state index in [1.165, 1.54) is 18.3 Å². The van der Waals surface area contributed by atoms with E-state index in [4.69, 9.17) is 23.7 Å². The predicted octanol–water partition coefficient (Wildman–Crippen LogP) is 6.05. The Morgan fingerprint density at radius 2 is 1.65 bits per heavy atom. The summed E-state index contributed by atoms with van der Waals surface area (Å²) in [6.45, 7) is 12.8.